The number of nitrogens with zero attached hydrogens (tertiary/aromatic N) is 3. The van der Waals surface area contributed by atoms with Gasteiger partial charge in [-0.15, -0.1) is 22.7 Å². The van der Waals surface area contributed by atoms with Gasteiger partial charge in [0.25, 0.3) is 11.5 Å². The van der Waals surface area contributed by atoms with Crippen LogP contribution < -0.4 is 5.56 Å². The molecule has 0 aliphatic carbocycles. The van der Waals surface area contributed by atoms with Crippen molar-refractivity contribution < 1.29 is 9.21 Å². The van der Waals surface area contributed by atoms with Crippen molar-refractivity contribution in [3.63, 3.8) is 0 Å². The molecule has 138 valence electrons. The summed E-state index contributed by atoms with van der Waals surface area (Å²) < 4.78 is 5.93. The fourth-order valence-electron chi connectivity index (χ4n) is 2.75. The average molecular weight is 400 g/mol. The molecule has 0 aromatic carbocycles. The van der Waals surface area contributed by atoms with Crippen molar-refractivity contribution in [3.05, 3.63) is 57.1 Å². The third-order valence-electron chi connectivity index (χ3n) is 3.94. The molecule has 0 aliphatic rings. The van der Waals surface area contributed by atoms with Crippen LogP contribution in [0.1, 0.15) is 29.7 Å². The van der Waals surface area contributed by atoms with Gasteiger partial charge in [0.2, 0.25) is 0 Å². The van der Waals surface area contributed by atoms with Gasteiger partial charge in [-0.05, 0) is 30.0 Å². The highest BCUT2D eigenvalue weighted by atomic mass is 32.1. The molecule has 0 aliphatic heterocycles. The minimum absolute atomic E-state index is 0.178. The molecule has 0 spiro atoms. The number of nitrogens with one attached hydrogen (secondary N) is 1. The number of thiophene rings is 1. The largest absolute Gasteiger partial charge is 0.462 e. The van der Waals surface area contributed by atoms with Crippen LogP contribution in [0.3, 0.4) is 0 Å². The minimum Gasteiger partial charge on any atom is -0.462 e. The molecule has 0 unspecified atom stereocenters. The van der Waals surface area contributed by atoms with Crippen LogP contribution in [-0.2, 0) is 6.54 Å². The standard InChI is InChI=1S/C18H16N4O3S2/c1-2-6-22(9-14-19-11-5-8-26-15(11)16(23)21-14)18(24)12-10-27-17(20-12)13-4-3-7-25-13/h3-5,7-8,10H,2,6,9H2,1H3,(H,19,21,23). The maximum atomic E-state index is 12.9. The molecule has 4 rings (SSSR count). The first-order valence-electron chi connectivity index (χ1n) is 8.40. The highest BCUT2D eigenvalue weighted by molar-refractivity contribution is 7.17. The van der Waals surface area contributed by atoms with Gasteiger partial charge in [0.05, 0.1) is 18.3 Å². The molecule has 0 radical (unpaired) electrons. The molecule has 0 bridgehead atoms. The van der Waals surface area contributed by atoms with Gasteiger partial charge in [-0.3, -0.25) is 9.59 Å². The van der Waals surface area contributed by atoms with Gasteiger partial charge in [-0.25, -0.2) is 9.97 Å². The lowest BCUT2D eigenvalue weighted by Gasteiger charge is -2.20. The zero-order valence-electron chi connectivity index (χ0n) is 14.5. The van der Waals surface area contributed by atoms with E-state index in [1.807, 2.05) is 18.4 Å². The predicted octanol–water partition coefficient (Wildman–Crippen LogP) is 3.75. The molecule has 1 amide bonds. The maximum absolute atomic E-state index is 12.9. The summed E-state index contributed by atoms with van der Waals surface area (Å²) in [5.41, 5.74) is 0.831. The van der Waals surface area contributed by atoms with E-state index in [9.17, 15) is 9.59 Å². The van der Waals surface area contributed by atoms with Gasteiger partial charge < -0.3 is 14.3 Å². The first-order valence-corrected chi connectivity index (χ1v) is 10.2. The Labute approximate surface area is 162 Å². The van der Waals surface area contributed by atoms with E-state index in [1.165, 1.54) is 22.7 Å². The number of fused-ring (bicyclic) bond motifs is 1. The van der Waals surface area contributed by atoms with E-state index in [0.717, 1.165) is 6.42 Å². The molecule has 9 heteroatoms. The molecule has 4 heterocycles. The first-order chi connectivity index (χ1) is 13.2. The summed E-state index contributed by atoms with van der Waals surface area (Å²) in [5.74, 6) is 0.906. The lowest BCUT2D eigenvalue weighted by atomic mass is 10.3. The number of carbonyl (C=O) groups is 1. The Morgan fingerprint density at radius 3 is 2.96 bits per heavy atom. The Morgan fingerprint density at radius 2 is 2.19 bits per heavy atom. The fourth-order valence-corrected chi connectivity index (χ4v) is 4.23. The van der Waals surface area contributed by atoms with Crippen LogP contribution >= 0.6 is 22.7 Å². The zero-order valence-corrected chi connectivity index (χ0v) is 16.1. The third-order valence-corrected chi connectivity index (χ3v) is 5.70. The minimum atomic E-state index is -0.195. The zero-order chi connectivity index (χ0) is 18.8. The second-order valence-corrected chi connectivity index (χ2v) is 7.66. The maximum Gasteiger partial charge on any atom is 0.273 e. The van der Waals surface area contributed by atoms with Crippen molar-refractivity contribution in [1.82, 2.24) is 19.9 Å². The third kappa shape index (κ3) is 3.56. The summed E-state index contributed by atoms with van der Waals surface area (Å²) >= 11 is 2.71. The van der Waals surface area contributed by atoms with Crippen LogP contribution in [-0.4, -0.2) is 32.3 Å². The molecule has 4 aromatic rings. The Morgan fingerprint density at radius 1 is 1.30 bits per heavy atom. The van der Waals surface area contributed by atoms with E-state index in [2.05, 4.69) is 15.0 Å². The highest BCUT2D eigenvalue weighted by Gasteiger charge is 2.21. The Balaban J connectivity index is 1.59. The first kappa shape index (κ1) is 17.6. The van der Waals surface area contributed by atoms with Crippen LogP contribution in [0, 0.1) is 0 Å². The van der Waals surface area contributed by atoms with Gasteiger partial charge in [0.15, 0.2) is 10.8 Å². The summed E-state index contributed by atoms with van der Waals surface area (Å²) in [5, 5.41) is 4.21. The number of amides is 1. The van der Waals surface area contributed by atoms with Gasteiger partial charge in [0.1, 0.15) is 16.2 Å². The summed E-state index contributed by atoms with van der Waals surface area (Å²) in [6.07, 6.45) is 2.36. The van der Waals surface area contributed by atoms with Crippen LogP contribution in [0.25, 0.3) is 21.0 Å². The number of aromatic nitrogens is 3. The number of furan rings is 1. The summed E-state index contributed by atoms with van der Waals surface area (Å²) in [6.45, 7) is 2.76. The Kier molecular flexibility index (Phi) is 4.87. The van der Waals surface area contributed by atoms with E-state index in [1.54, 1.807) is 28.7 Å². The molecule has 7 nitrogen and oxygen atoms in total. The lowest BCUT2D eigenvalue weighted by molar-refractivity contribution is 0.0734. The smallest absolute Gasteiger partial charge is 0.273 e. The predicted molar refractivity (Wildman–Crippen MR) is 105 cm³/mol. The van der Waals surface area contributed by atoms with E-state index < -0.39 is 0 Å². The molecule has 27 heavy (non-hydrogen) atoms. The van der Waals surface area contributed by atoms with E-state index in [0.29, 0.717) is 39.0 Å². The van der Waals surface area contributed by atoms with Crippen LogP contribution in [0.4, 0.5) is 0 Å². The molecule has 0 atom stereocenters. The second-order valence-electron chi connectivity index (χ2n) is 5.89. The fraction of sp³-hybridized carbons (Fsp3) is 0.222. The number of carbonyl (C=O) groups excluding carboxylic acids is 1. The topological polar surface area (TPSA) is 92.1 Å². The summed E-state index contributed by atoms with van der Waals surface area (Å²) in [6, 6.07) is 5.40. The van der Waals surface area contributed by atoms with Crippen LogP contribution in [0.5, 0.6) is 0 Å². The molecule has 0 fully saturated rings. The second kappa shape index (κ2) is 7.45. The lowest BCUT2D eigenvalue weighted by Crippen LogP contribution is -2.33. The number of rotatable bonds is 6. The average Bonchev–Trinajstić information content (AvgIpc) is 3.39. The molecule has 4 aromatic heterocycles. The van der Waals surface area contributed by atoms with Crippen molar-refractivity contribution in [2.24, 2.45) is 0 Å². The normalized spacial score (nSPS) is 11.1. The summed E-state index contributed by atoms with van der Waals surface area (Å²) in [7, 11) is 0. The molecular weight excluding hydrogens is 384 g/mol. The Hall–Kier alpha value is -2.78. The molecular formula is C18H16N4O3S2. The Bertz CT molecular complexity index is 1130. The molecule has 0 saturated heterocycles. The van der Waals surface area contributed by atoms with Crippen LogP contribution in [0.2, 0.25) is 0 Å². The monoisotopic (exact) mass is 400 g/mol. The SMILES string of the molecule is CCCN(Cc1nc2ccsc2c(=O)[nH]1)C(=O)c1csc(-c2ccco2)n1. The van der Waals surface area contributed by atoms with Crippen molar-refractivity contribution >= 4 is 38.8 Å². The van der Waals surface area contributed by atoms with Crippen molar-refractivity contribution in [2.75, 3.05) is 6.54 Å². The number of aromatic amines is 1. The van der Waals surface area contributed by atoms with Crippen molar-refractivity contribution in [2.45, 2.75) is 19.9 Å². The van der Waals surface area contributed by atoms with E-state index in [-0.39, 0.29) is 18.0 Å². The number of hydrogen-bond acceptors (Lipinski definition) is 7. The van der Waals surface area contributed by atoms with Gasteiger partial charge in [0, 0.05) is 11.9 Å². The molecule has 0 saturated carbocycles. The quantitative estimate of drug-likeness (QED) is 0.532. The van der Waals surface area contributed by atoms with Gasteiger partial charge in [-0.1, -0.05) is 6.92 Å². The van der Waals surface area contributed by atoms with Crippen molar-refractivity contribution in [1.29, 1.82) is 0 Å². The number of H-pyrrole nitrogens is 1. The summed E-state index contributed by atoms with van der Waals surface area (Å²) in [4.78, 5) is 38.4. The van der Waals surface area contributed by atoms with E-state index >= 15 is 0 Å². The van der Waals surface area contributed by atoms with Crippen molar-refractivity contribution in [3.8, 4) is 10.8 Å². The molecule has 1 N–H and O–H groups in total. The van der Waals surface area contributed by atoms with Gasteiger partial charge >= 0.3 is 0 Å². The number of hydrogen-bond donors (Lipinski definition) is 1. The highest BCUT2D eigenvalue weighted by Crippen LogP contribution is 2.25. The number of thiazole rings is 1. The van der Waals surface area contributed by atoms with E-state index in [4.69, 9.17) is 4.42 Å². The van der Waals surface area contributed by atoms with Gasteiger partial charge in [-0.2, -0.15) is 0 Å². The van der Waals surface area contributed by atoms with Crippen LogP contribution in [0.15, 0.2) is 44.4 Å².